The first-order valence-electron chi connectivity index (χ1n) is 12.5. The zero-order valence-corrected chi connectivity index (χ0v) is 22.3. The largest absolute Gasteiger partial charge is 0.491 e. The van der Waals surface area contributed by atoms with Gasteiger partial charge in [0, 0.05) is 23.8 Å². The van der Waals surface area contributed by atoms with E-state index in [9.17, 15) is 13.2 Å². The molecule has 1 amide bonds. The Morgan fingerprint density at radius 3 is 2.71 bits per heavy atom. The van der Waals surface area contributed by atoms with Crippen molar-refractivity contribution in [3.63, 3.8) is 0 Å². The molecule has 0 atom stereocenters. The lowest BCUT2D eigenvalue weighted by Crippen LogP contribution is -2.37. The second-order valence-corrected chi connectivity index (χ2v) is 11.3. The van der Waals surface area contributed by atoms with E-state index < -0.39 is 10.0 Å². The molecular formula is C25H33N7O5S. The van der Waals surface area contributed by atoms with Gasteiger partial charge < -0.3 is 15.2 Å². The smallest absolute Gasteiger partial charge is 0.270 e. The Bertz CT molecular complexity index is 1350. The van der Waals surface area contributed by atoms with E-state index in [4.69, 9.17) is 9.84 Å². The summed E-state index contributed by atoms with van der Waals surface area (Å²) in [7, 11) is -3.20. The molecule has 1 aliphatic rings. The Balaban J connectivity index is 1.35. The van der Waals surface area contributed by atoms with Gasteiger partial charge >= 0.3 is 0 Å². The van der Waals surface area contributed by atoms with Crippen molar-refractivity contribution in [3.8, 4) is 17.1 Å². The van der Waals surface area contributed by atoms with Crippen LogP contribution in [0.4, 0.5) is 0 Å². The number of carbonyl (C=O) groups is 1. The van der Waals surface area contributed by atoms with Gasteiger partial charge in [-0.1, -0.05) is 12.1 Å². The third-order valence-corrected chi connectivity index (χ3v) is 7.02. The number of aromatic nitrogens is 5. The molecule has 204 valence electrons. The van der Waals surface area contributed by atoms with E-state index in [-0.39, 0.29) is 37.4 Å². The number of ether oxygens (including phenoxy) is 1. The summed E-state index contributed by atoms with van der Waals surface area (Å²) in [5.74, 6) is 1.03. The van der Waals surface area contributed by atoms with Crippen molar-refractivity contribution in [1.82, 2.24) is 35.2 Å². The highest BCUT2D eigenvalue weighted by Gasteiger charge is 2.24. The maximum atomic E-state index is 12.8. The first-order chi connectivity index (χ1) is 18.2. The lowest BCUT2D eigenvalue weighted by Gasteiger charge is -2.27. The molecule has 0 radical (unpaired) electrons. The first kappa shape index (κ1) is 27.6. The van der Waals surface area contributed by atoms with E-state index in [0.717, 1.165) is 31.2 Å². The van der Waals surface area contributed by atoms with Crippen molar-refractivity contribution in [2.24, 2.45) is 5.92 Å². The zero-order valence-electron chi connectivity index (χ0n) is 21.5. The van der Waals surface area contributed by atoms with Gasteiger partial charge in [-0.05, 0) is 73.6 Å². The van der Waals surface area contributed by atoms with Gasteiger partial charge in [0.1, 0.15) is 18.1 Å². The number of hydrogen-bond acceptors (Lipinski definition) is 9. The number of rotatable bonds is 11. The number of tetrazole rings is 1. The second kappa shape index (κ2) is 12.4. The van der Waals surface area contributed by atoms with Gasteiger partial charge in [0.05, 0.1) is 19.4 Å². The molecule has 1 aromatic carbocycles. The number of aliphatic hydroxyl groups is 1. The molecule has 13 heteroatoms. The van der Waals surface area contributed by atoms with Crippen LogP contribution in [-0.2, 0) is 23.1 Å². The van der Waals surface area contributed by atoms with E-state index in [1.807, 2.05) is 24.3 Å². The number of aliphatic hydroxyl groups excluding tert-OH is 1. The fourth-order valence-electron chi connectivity index (χ4n) is 4.53. The third kappa shape index (κ3) is 8.04. The predicted octanol–water partition coefficient (Wildman–Crippen LogP) is 1.45. The standard InChI is InChI=1S/C25H33N7O5S/c1-17-12-20(14-23(27-17)25(34)26-15-19-4-3-5-22(13-19)37-11-10-33)24-28-31-32(29-24)16-18-6-8-21(9-7-18)30-38(2,35)36/h3-5,12-14,18,21,30,33H,6-11,15-16H2,1-2H3,(H,26,34). The molecule has 2 aromatic heterocycles. The second-order valence-electron chi connectivity index (χ2n) is 9.56. The summed E-state index contributed by atoms with van der Waals surface area (Å²) >= 11 is 0. The Hall–Kier alpha value is -3.42. The molecular weight excluding hydrogens is 510 g/mol. The van der Waals surface area contributed by atoms with Crippen LogP contribution in [0.15, 0.2) is 36.4 Å². The van der Waals surface area contributed by atoms with Crippen LogP contribution < -0.4 is 14.8 Å². The van der Waals surface area contributed by atoms with E-state index in [0.29, 0.717) is 35.3 Å². The topological polar surface area (TPSA) is 161 Å². The number of benzene rings is 1. The number of amides is 1. The van der Waals surface area contributed by atoms with E-state index in [1.165, 1.54) is 6.26 Å². The number of carbonyl (C=O) groups excluding carboxylic acids is 1. The Labute approximate surface area is 221 Å². The van der Waals surface area contributed by atoms with Crippen LogP contribution in [0, 0.1) is 12.8 Å². The van der Waals surface area contributed by atoms with Crippen molar-refractivity contribution < 1.29 is 23.1 Å². The van der Waals surface area contributed by atoms with Crippen molar-refractivity contribution in [2.45, 2.75) is 51.7 Å². The number of hydrogen-bond donors (Lipinski definition) is 3. The lowest BCUT2D eigenvalue weighted by molar-refractivity contribution is 0.0945. The van der Waals surface area contributed by atoms with Crippen molar-refractivity contribution in [1.29, 1.82) is 0 Å². The predicted molar refractivity (Wildman–Crippen MR) is 140 cm³/mol. The van der Waals surface area contributed by atoms with Gasteiger partial charge in [-0.25, -0.2) is 18.1 Å². The Morgan fingerprint density at radius 1 is 1.18 bits per heavy atom. The average Bonchev–Trinajstić information content (AvgIpc) is 3.35. The van der Waals surface area contributed by atoms with Gasteiger partial charge in [-0.2, -0.15) is 4.80 Å². The SMILES string of the molecule is Cc1cc(-c2nnn(CC3CCC(NS(C)(=O)=O)CC3)n2)cc(C(=O)NCc2cccc(OCCO)c2)n1. The highest BCUT2D eigenvalue weighted by Crippen LogP contribution is 2.26. The summed E-state index contributed by atoms with van der Waals surface area (Å²) in [5, 5.41) is 24.7. The molecule has 1 fully saturated rings. The maximum Gasteiger partial charge on any atom is 0.270 e. The summed E-state index contributed by atoms with van der Waals surface area (Å²) in [5.41, 5.74) is 2.41. The van der Waals surface area contributed by atoms with Crippen LogP contribution in [0.2, 0.25) is 0 Å². The molecule has 38 heavy (non-hydrogen) atoms. The molecule has 4 rings (SSSR count). The quantitative estimate of drug-likeness (QED) is 0.325. The number of nitrogens with zero attached hydrogens (tertiary/aromatic N) is 5. The van der Waals surface area contributed by atoms with E-state index in [1.54, 1.807) is 23.9 Å². The third-order valence-electron chi connectivity index (χ3n) is 6.26. The van der Waals surface area contributed by atoms with E-state index in [2.05, 4.69) is 30.4 Å². The molecule has 0 unspecified atom stereocenters. The molecule has 0 saturated heterocycles. The van der Waals surface area contributed by atoms with Crippen LogP contribution in [0.5, 0.6) is 5.75 Å². The Morgan fingerprint density at radius 2 is 1.97 bits per heavy atom. The number of aryl methyl sites for hydroxylation is 1. The number of pyridine rings is 1. The fraction of sp³-hybridized carbons (Fsp3) is 0.480. The van der Waals surface area contributed by atoms with Crippen molar-refractivity contribution >= 4 is 15.9 Å². The maximum absolute atomic E-state index is 12.8. The average molecular weight is 544 g/mol. The molecule has 3 aromatic rings. The zero-order chi connectivity index (χ0) is 27.1. The Kier molecular flexibility index (Phi) is 9.02. The summed E-state index contributed by atoms with van der Waals surface area (Å²) < 4.78 is 31.0. The minimum atomic E-state index is -3.20. The highest BCUT2D eigenvalue weighted by molar-refractivity contribution is 7.88. The van der Waals surface area contributed by atoms with Crippen LogP contribution in [-0.4, -0.2) is 70.1 Å². The molecule has 3 N–H and O–H groups in total. The highest BCUT2D eigenvalue weighted by atomic mass is 32.2. The van der Waals surface area contributed by atoms with Crippen LogP contribution in [0.1, 0.15) is 47.4 Å². The molecule has 1 aliphatic carbocycles. The van der Waals surface area contributed by atoms with Crippen LogP contribution in [0.3, 0.4) is 0 Å². The number of sulfonamides is 1. The summed E-state index contributed by atoms with van der Waals surface area (Å²) in [6, 6.07) is 10.7. The summed E-state index contributed by atoms with van der Waals surface area (Å²) in [6.07, 6.45) is 4.49. The van der Waals surface area contributed by atoms with Crippen molar-refractivity contribution in [3.05, 3.63) is 53.3 Å². The summed E-state index contributed by atoms with van der Waals surface area (Å²) in [4.78, 5) is 18.8. The van der Waals surface area contributed by atoms with Gasteiger partial charge in [-0.15, -0.1) is 10.2 Å². The summed E-state index contributed by atoms with van der Waals surface area (Å²) in [6.45, 7) is 2.81. The lowest BCUT2D eigenvalue weighted by atomic mass is 9.86. The molecule has 12 nitrogen and oxygen atoms in total. The number of nitrogens with one attached hydrogen (secondary N) is 2. The van der Waals surface area contributed by atoms with Gasteiger partial charge in [0.25, 0.3) is 5.91 Å². The molecule has 1 saturated carbocycles. The van der Waals surface area contributed by atoms with Gasteiger partial charge in [0.15, 0.2) is 0 Å². The minimum Gasteiger partial charge on any atom is -0.491 e. The molecule has 0 aliphatic heterocycles. The normalized spacial score (nSPS) is 17.8. The van der Waals surface area contributed by atoms with Crippen LogP contribution in [0.25, 0.3) is 11.4 Å². The van der Waals surface area contributed by atoms with Gasteiger partial charge in [-0.3, -0.25) is 4.79 Å². The monoisotopic (exact) mass is 543 g/mol. The van der Waals surface area contributed by atoms with Crippen molar-refractivity contribution in [2.75, 3.05) is 19.5 Å². The molecule has 2 heterocycles. The molecule has 0 spiro atoms. The van der Waals surface area contributed by atoms with Crippen LogP contribution >= 0.6 is 0 Å². The first-order valence-corrected chi connectivity index (χ1v) is 14.4. The minimum absolute atomic E-state index is 0.0200. The molecule has 0 bridgehead atoms. The van der Waals surface area contributed by atoms with Gasteiger partial charge in [0.2, 0.25) is 15.8 Å². The van der Waals surface area contributed by atoms with E-state index >= 15 is 0 Å². The fourth-order valence-corrected chi connectivity index (χ4v) is 5.37.